The first-order valence-corrected chi connectivity index (χ1v) is 6.25. The van der Waals surface area contributed by atoms with Gasteiger partial charge in [0.05, 0.1) is 0 Å². The van der Waals surface area contributed by atoms with Crippen molar-refractivity contribution in [1.82, 2.24) is 4.98 Å². The molecule has 2 heterocycles. The highest BCUT2D eigenvalue weighted by molar-refractivity contribution is 5.91. The lowest BCUT2D eigenvalue weighted by atomic mass is 9.99. The largest absolute Gasteiger partial charge is 0.384 e. The maximum absolute atomic E-state index is 12.0. The van der Waals surface area contributed by atoms with Gasteiger partial charge in [-0.15, -0.1) is 0 Å². The van der Waals surface area contributed by atoms with Crippen molar-refractivity contribution in [3.63, 3.8) is 0 Å². The zero-order valence-corrected chi connectivity index (χ0v) is 10.6. The van der Waals surface area contributed by atoms with Crippen LogP contribution in [0, 0.1) is 17.8 Å². The molecule has 0 aromatic carbocycles. The lowest BCUT2D eigenvalue weighted by Crippen LogP contribution is -2.28. The second-order valence-corrected chi connectivity index (χ2v) is 4.24. The number of rotatable bonds is 2. The summed E-state index contributed by atoms with van der Waals surface area (Å²) >= 11 is 0. The van der Waals surface area contributed by atoms with Gasteiger partial charge in [-0.05, 0) is 30.9 Å². The minimum absolute atomic E-state index is 0.0114. The maximum Gasteiger partial charge on any atom is 0.228 e. The summed E-state index contributed by atoms with van der Waals surface area (Å²) in [4.78, 5) is 16.2. The lowest BCUT2D eigenvalue weighted by Gasteiger charge is -2.20. The van der Waals surface area contributed by atoms with Crippen molar-refractivity contribution >= 4 is 11.7 Å². The van der Waals surface area contributed by atoms with E-state index in [-0.39, 0.29) is 18.4 Å². The van der Waals surface area contributed by atoms with Crippen molar-refractivity contribution < 1.29 is 14.6 Å². The van der Waals surface area contributed by atoms with Gasteiger partial charge in [-0.1, -0.05) is 12.0 Å². The smallest absolute Gasteiger partial charge is 0.228 e. The first-order chi connectivity index (χ1) is 9.29. The van der Waals surface area contributed by atoms with Gasteiger partial charge >= 0.3 is 0 Å². The third-order valence-corrected chi connectivity index (χ3v) is 2.89. The molecule has 5 nitrogen and oxygen atoms in total. The number of aromatic nitrogens is 1. The fourth-order valence-corrected chi connectivity index (χ4v) is 1.89. The van der Waals surface area contributed by atoms with Crippen molar-refractivity contribution in [3.8, 4) is 11.8 Å². The van der Waals surface area contributed by atoms with Crippen LogP contribution in [0.2, 0.25) is 0 Å². The topological polar surface area (TPSA) is 71.5 Å². The lowest BCUT2D eigenvalue weighted by molar-refractivity contribution is -0.122. The number of pyridine rings is 1. The third-order valence-electron chi connectivity index (χ3n) is 2.89. The molecule has 2 N–H and O–H groups in total. The van der Waals surface area contributed by atoms with Crippen LogP contribution in [0.4, 0.5) is 5.82 Å². The summed E-state index contributed by atoms with van der Waals surface area (Å²) in [6.45, 7) is 1.06. The van der Waals surface area contributed by atoms with Gasteiger partial charge in [0.15, 0.2) is 0 Å². The predicted molar refractivity (Wildman–Crippen MR) is 70.4 cm³/mol. The van der Waals surface area contributed by atoms with E-state index in [1.54, 1.807) is 18.2 Å². The average molecular weight is 260 g/mol. The summed E-state index contributed by atoms with van der Waals surface area (Å²) in [5.41, 5.74) is 0.527. The van der Waals surface area contributed by atoms with Gasteiger partial charge in [0.25, 0.3) is 0 Å². The molecule has 19 heavy (non-hydrogen) atoms. The van der Waals surface area contributed by atoms with Crippen LogP contribution in [-0.2, 0) is 9.53 Å². The van der Waals surface area contributed by atoms with E-state index >= 15 is 0 Å². The number of nitrogens with zero attached hydrogens (tertiary/aromatic N) is 1. The molecule has 1 aliphatic rings. The van der Waals surface area contributed by atoms with Crippen LogP contribution in [0.1, 0.15) is 18.5 Å². The van der Waals surface area contributed by atoms with Gasteiger partial charge in [-0.2, -0.15) is 0 Å². The van der Waals surface area contributed by atoms with Gasteiger partial charge < -0.3 is 15.2 Å². The van der Waals surface area contributed by atoms with Crippen molar-refractivity contribution in [1.29, 1.82) is 0 Å². The molecular weight excluding hydrogens is 244 g/mol. The summed E-state index contributed by atoms with van der Waals surface area (Å²) < 4.78 is 5.23. The molecule has 0 radical (unpaired) electrons. The monoisotopic (exact) mass is 260 g/mol. The van der Waals surface area contributed by atoms with Gasteiger partial charge in [-0.25, -0.2) is 4.98 Å². The normalized spacial score (nSPS) is 15.4. The summed E-state index contributed by atoms with van der Waals surface area (Å²) in [7, 11) is 0. The summed E-state index contributed by atoms with van der Waals surface area (Å²) in [6.07, 6.45) is 1.49. The van der Waals surface area contributed by atoms with Crippen LogP contribution in [0.25, 0.3) is 0 Å². The number of anilines is 1. The van der Waals surface area contributed by atoms with Crippen molar-refractivity contribution in [3.05, 3.63) is 23.9 Å². The first-order valence-electron chi connectivity index (χ1n) is 6.25. The highest BCUT2D eigenvalue weighted by atomic mass is 16.5. The van der Waals surface area contributed by atoms with E-state index in [0.717, 1.165) is 12.8 Å². The highest BCUT2D eigenvalue weighted by Gasteiger charge is 2.21. The Hall–Kier alpha value is -1.90. The molecule has 1 aromatic heterocycles. The Bertz CT molecular complexity index is 499. The molecule has 5 heteroatoms. The Morgan fingerprint density at radius 2 is 2.26 bits per heavy atom. The fourth-order valence-electron chi connectivity index (χ4n) is 1.89. The number of aliphatic hydroxyl groups is 1. The quantitative estimate of drug-likeness (QED) is 0.771. The van der Waals surface area contributed by atoms with E-state index in [0.29, 0.717) is 24.7 Å². The zero-order valence-electron chi connectivity index (χ0n) is 10.6. The average Bonchev–Trinajstić information content (AvgIpc) is 2.46. The number of ether oxygens (including phenoxy) is 1. The molecule has 100 valence electrons. The Morgan fingerprint density at radius 1 is 1.47 bits per heavy atom. The van der Waals surface area contributed by atoms with E-state index in [9.17, 15) is 4.79 Å². The van der Waals surface area contributed by atoms with Crippen LogP contribution in [0.5, 0.6) is 0 Å². The molecule has 1 aliphatic heterocycles. The minimum Gasteiger partial charge on any atom is -0.384 e. The Labute approximate surface area is 112 Å². The van der Waals surface area contributed by atoms with Crippen molar-refractivity contribution in [2.45, 2.75) is 12.8 Å². The summed E-state index contributed by atoms with van der Waals surface area (Å²) in [6, 6.07) is 5.22. The standard InChI is InChI=1S/C14H16N2O3/c17-8-2-4-12-3-1-5-13(15-12)16-14(18)11-6-9-19-10-7-11/h1,3,5,11,17H,6-10H2,(H,15,16,18). The molecule has 1 aromatic rings. The number of amides is 1. The molecular formula is C14H16N2O3. The van der Waals surface area contributed by atoms with Gasteiger partial charge in [0.2, 0.25) is 5.91 Å². The van der Waals surface area contributed by atoms with Crippen LogP contribution in [0.15, 0.2) is 18.2 Å². The first kappa shape index (κ1) is 13.5. The van der Waals surface area contributed by atoms with E-state index in [4.69, 9.17) is 9.84 Å². The number of carbonyl (C=O) groups is 1. The highest BCUT2D eigenvalue weighted by Crippen LogP contribution is 2.16. The molecule has 1 amide bonds. The molecule has 1 fully saturated rings. The summed E-state index contributed by atoms with van der Waals surface area (Å²) in [5.74, 6) is 5.68. The Kier molecular flexibility index (Phi) is 4.90. The number of hydrogen-bond donors (Lipinski definition) is 2. The van der Waals surface area contributed by atoms with Crippen LogP contribution >= 0.6 is 0 Å². The SMILES string of the molecule is O=C(Nc1cccc(C#CCO)n1)C1CCOCC1. The second kappa shape index (κ2) is 6.88. The maximum atomic E-state index is 12.0. The van der Waals surface area contributed by atoms with Crippen molar-refractivity contribution in [2.75, 3.05) is 25.1 Å². The van der Waals surface area contributed by atoms with E-state index in [1.807, 2.05) is 0 Å². The molecule has 0 saturated carbocycles. The van der Waals surface area contributed by atoms with Crippen LogP contribution in [0.3, 0.4) is 0 Å². The van der Waals surface area contributed by atoms with Crippen LogP contribution < -0.4 is 5.32 Å². The number of aliphatic hydroxyl groups excluding tert-OH is 1. The van der Waals surface area contributed by atoms with Gasteiger partial charge in [0, 0.05) is 19.1 Å². The zero-order chi connectivity index (χ0) is 13.5. The number of carbonyl (C=O) groups excluding carboxylic acids is 1. The molecule has 2 rings (SSSR count). The number of nitrogens with one attached hydrogen (secondary N) is 1. The molecule has 0 aliphatic carbocycles. The number of hydrogen-bond acceptors (Lipinski definition) is 4. The molecule has 0 spiro atoms. The van der Waals surface area contributed by atoms with E-state index in [1.165, 1.54) is 0 Å². The molecule has 0 bridgehead atoms. The minimum atomic E-state index is -0.208. The summed E-state index contributed by atoms with van der Waals surface area (Å²) in [5, 5.41) is 11.4. The van der Waals surface area contributed by atoms with E-state index < -0.39 is 0 Å². The van der Waals surface area contributed by atoms with Gasteiger partial charge in [0.1, 0.15) is 18.1 Å². The van der Waals surface area contributed by atoms with Crippen molar-refractivity contribution in [2.24, 2.45) is 5.92 Å². The van der Waals surface area contributed by atoms with E-state index in [2.05, 4.69) is 22.1 Å². The Morgan fingerprint density at radius 3 is 3.00 bits per heavy atom. The second-order valence-electron chi connectivity index (χ2n) is 4.24. The molecule has 0 atom stereocenters. The predicted octanol–water partition coefficient (Wildman–Crippen LogP) is 0.790. The van der Waals surface area contributed by atoms with Gasteiger partial charge in [-0.3, -0.25) is 4.79 Å². The third kappa shape index (κ3) is 4.05. The Balaban J connectivity index is 1.99. The fraction of sp³-hybridized carbons (Fsp3) is 0.429. The van der Waals surface area contributed by atoms with Crippen LogP contribution in [-0.4, -0.2) is 35.8 Å². The molecule has 0 unspecified atom stereocenters. The molecule has 1 saturated heterocycles.